The van der Waals surface area contributed by atoms with Crippen LogP contribution in [0.1, 0.15) is 18.9 Å². The number of halogens is 1. The van der Waals surface area contributed by atoms with Gasteiger partial charge in [0, 0.05) is 17.1 Å². The van der Waals surface area contributed by atoms with E-state index in [4.69, 9.17) is 11.6 Å². The molecule has 0 saturated carbocycles. The highest BCUT2D eigenvalue weighted by Crippen LogP contribution is 2.23. The number of anilines is 1. The van der Waals surface area contributed by atoms with E-state index in [1.165, 1.54) is 0 Å². The van der Waals surface area contributed by atoms with E-state index < -0.39 is 0 Å². The number of benzene rings is 1. The molecule has 0 bridgehead atoms. The number of nitrogens with one attached hydrogen (secondary N) is 1. The molecule has 4 heteroatoms. The largest absolute Gasteiger partial charge is 0.369 e. The molecule has 0 spiro atoms. The van der Waals surface area contributed by atoms with E-state index in [1.807, 2.05) is 37.3 Å². The van der Waals surface area contributed by atoms with Gasteiger partial charge in [0.25, 0.3) is 0 Å². The molecule has 1 aromatic heterocycles. The van der Waals surface area contributed by atoms with Crippen LogP contribution in [0.5, 0.6) is 0 Å². The van der Waals surface area contributed by atoms with Crippen molar-refractivity contribution >= 4 is 17.4 Å². The van der Waals surface area contributed by atoms with Crippen molar-refractivity contribution < 1.29 is 0 Å². The standard InChI is InChI=1S/C14H16ClN3/c1-3-8-16-13-9-10(2)14(18-17-13)11-4-6-12(15)7-5-11/h4-7,9H,3,8H2,1-2H3,(H,16,17). The van der Waals surface area contributed by atoms with Crippen LogP contribution in [0.25, 0.3) is 11.3 Å². The van der Waals surface area contributed by atoms with Gasteiger partial charge in [0.2, 0.25) is 0 Å². The van der Waals surface area contributed by atoms with Crippen molar-refractivity contribution in [3.8, 4) is 11.3 Å². The molecule has 0 fully saturated rings. The van der Waals surface area contributed by atoms with E-state index in [1.54, 1.807) is 0 Å². The van der Waals surface area contributed by atoms with Crippen LogP contribution in [0.3, 0.4) is 0 Å². The molecule has 0 atom stereocenters. The molecule has 0 saturated heterocycles. The Bertz CT molecular complexity index is 523. The summed E-state index contributed by atoms with van der Waals surface area (Å²) < 4.78 is 0. The lowest BCUT2D eigenvalue weighted by Gasteiger charge is -2.08. The number of aryl methyl sites for hydroxylation is 1. The first kappa shape index (κ1) is 12.8. The summed E-state index contributed by atoms with van der Waals surface area (Å²) >= 11 is 5.88. The van der Waals surface area contributed by atoms with Crippen LogP contribution in [0, 0.1) is 6.92 Å². The topological polar surface area (TPSA) is 37.8 Å². The Morgan fingerprint density at radius 3 is 2.50 bits per heavy atom. The molecule has 0 aliphatic carbocycles. The van der Waals surface area contributed by atoms with Crippen LogP contribution < -0.4 is 5.32 Å². The third kappa shape index (κ3) is 2.99. The summed E-state index contributed by atoms with van der Waals surface area (Å²) in [6, 6.07) is 9.66. The molecule has 1 N–H and O–H groups in total. The Morgan fingerprint density at radius 2 is 1.89 bits per heavy atom. The van der Waals surface area contributed by atoms with Gasteiger partial charge in [-0.05, 0) is 37.1 Å². The molecular weight excluding hydrogens is 246 g/mol. The maximum absolute atomic E-state index is 5.88. The van der Waals surface area contributed by atoms with Crippen LogP contribution in [0.2, 0.25) is 5.02 Å². The second kappa shape index (κ2) is 5.83. The molecule has 94 valence electrons. The molecule has 2 aromatic rings. The summed E-state index contributed by atoms with van der Waals surface area (Å²) in [5, 5.41) is 12.4. The minimum absolute atomic E-state index is 0.727. The fraction of sp³-hybridized carbons (Fsp3) is 0.286. The van der Waals surface area contributed by atoms with Gasteiger partial charge in [-0.3, -0.25) is 0 Å². The molecule has 1 aromatic carbocycles. The van der Waals surface area contributed by atoms with E-state index in [9.17, 15) is 0 Å². The third-order valence-electron chi connectivity index (χ3n) is 2.66. The van der Waals surface area contributed by atoms with Gasteiger partial charge in [-0.15, -0.1) is 10.2 Å². The number of hydrogen-bond donors (Lipinski definition) is 1. The monoisotopic (exact) mass is 261 g/mol. The van der Waals surface area contributed by atoms with Crippen molar-refractivity contribution in [3.63, 3.8) is 0 Å². The lowest BCUT2D eigenvalue weighted by Crippen LogP contribution is -2.04. The molecule has 2 rings (SSSR count). The maximum Gasteiger partial charge on any atom is 0.148 e. The zero-order valence-electron chi connectivity index (χ0n) is 10.6. The number of rotatable bonds is 4. The first-order valence-corrected chi connectivity index (χ1v) is 6.42. The first-order chi connectivity index (χ1) is 8.70. The predicted molar refractivity (Wildman–Crippen MR) is 76.0 cm³/mol. The first-order valence-electron chi connectivity index (χ1n) is 6.05. The average molecular weight is 262 g/mol. The van der Waals surface area contributed by atoms with Gasteiger partial charge in [0.05, 0.1) is 5.69 Å². The average Bonchev–Trinajstić information content (AvgIpc) is 2.38. The second-order valence-corrected chi connectivity index (χ2v) is 4.63. The number of hydrogen-bond acceptors (Lipinski definition) is 3. The van der Waals surface area contributed by atoms with Gasteiger partial charge in [-0.1, -0.05) is 30.7 Å². The Kier molecular flexibility index (Phi) is 4.15. The summed E-state index contributed by atoms with van der Waals surface area (Å²) in [5.41, 5.74) is 3.03. The molecule has 18 heavy (non-hydrogen) atoms. The zero-order valence-corrected chi connectivity index (χ0v) is 11.3. The summed E-state index contributed by atoms with van der Waals surface area (Å²) in [5.74, 6) is 0.826. The summed E-state index contributed by atoms with van der Waals surface area (Å²) in [4.78, 5) is 0. The summed E-state index contributed by atoms with van der Waals surface area (Å²) in [6.07, 6.45) is 1.07. The van der Waals surface area contributed by atoms with E-state index in [-0.39, 0.29) is 0 Å². The zero-order chi connectivity index (χ0) is 13.0. The van der Waals surface area contributed by atoms with Crippen LogP contribution in [-0.2, 0) is 0 Å². The van der Waals surface area contributed by atoms with Crippen LogP contribution in [-0.4, -0.2) is 16.7 Å². The fourth-order valence-electron chi connectivity index (χ4n) is 1.72. The third-order valence-corrected chi connectivity index (χ3v) is 2.91. The fourth-order valence-corrected chi connectivity index (χ4v) is 1.84. The lowest BCUT2D eigenvalue weighted by molar-refractivity contribution is 0.941. The molecular formula is C14H16ClN3. The van der Waals surface area contributed by atoms with Crippen LogP contribution >= 0.6 is 11.6 Å². The molecule has 3 nitrogen and oxygen atoms in total. The number of aromatic nitrogens is 2. The highest BCUT2D eigenvalue weighted by molar-refractivity contribution is 6.30. The molecule has 0 radical (unpaired) electrons. The van der Waals surface area contributed by atoms with Gasteiger partial charge in [-0.25, -0.2) is 0 Å². The molecule has 0 unspecified atom stereocenters. The second-order valence-electron chi connectivity index (χ2n) is 4.19. The van der Waals surface area contributed by atoms with Gasteiger partial charge < -0.3 is 5.32 Å². The Morgan fingerprint density at radius 1 is 1.17 bits per heavy atom. The summed E-state index contributed by atoms with van der Waals surface area (Å²) in [6.45, 7) is 5.07. The molecule has 1 heterocycles. The van der Waals surface area contributed by atoms with Gasteiger partial charge in [0.1, 0.15) is 5.82 Å². The highest BCUT2D eigenvalue weighted by atomic mass is 35.5. The number of nitrogens with zero attached hydrogens (tertiary/aromatic N) is 2. The Hall–Kier alpha value is -1.61. The Balaban J connectivity index is 2.26. The van der Waals surface area contributed by atoms with Crippen LogP contribution in [0.15, 0.2) is 30.3 Å². The van der Waals surface area contributed by atoms with Crippen molar-refractivity contribution in [1.82, 2.24) is 10.2 Å². The van der Waals surface area contributed by atoms with Crippen molar-refractivity contribution in [3.05, 3.63) is 40.9 Å². The lowest BCUT2D eigenvalue weighted by atomic mass is 10.1. The predicted octanol–water partition coefficient (Wildman–Crippen LogP) is 3.93. The molecule has 0 aliphatic heterocycles. The van der Waals surface area contributed by atoms with Crippen LogP contribution in [0.4, 0.5) is 5.82 Å². The quantitative estimate of drug-likeness (QED) is 0.906. The van der Waals surface area contributed by atoms with Gasteiger partial charge >= 0.3 is 0 Å². The smallest absolute Gasteiger partial charge is 0.148 e. The van der Waals surface area contributed by atoms with Crippen molar-refractivity contribution in [2.24, 2.45) is 0 Å². The summed E-state index contributed by atoms with van der Waals surface area (Å²) in [7, 11) is 0. The van der Waals surface area contributed by atoms with E-state index >= 15 is 0 Å². The Labute approximate surface area is 112 Å². The van der Waals surface area contributed by atoms with E-state index in [0.29, 0.717) is 0 Å². The minimum Gasteiger partial charge on any atom is -0.369 e. The normalized spacial score (nSPS) is 10.4. The van der Waals surface area contributed by atoms with Gasteiger partial charge in [-0.2, -0.15) is 0 Å². The van der Waals surface area contributed by atoms with Gasteiger partial charge in [0.15, 0.2) is 0 Å². The van der Waals surface area contributed by atoms with E-state index in [2.05, 4.69) is 22.4 Å². The highest BCUT2D eigenvalue weighted by Gasteiger charge is 2.05. The SMILES string of the molecule is CCCNc1cc(C)c(-c2ccc(Cl)cc2)nn1. The molecule has 0 aliphatic rings. The minimum atomic E-state index is 0.727. The van der Waals surface area contributed by atoms with E-state index in [0.717, 1.165) is 40.6 Å². The van der Waals surface area contributed by atoms with Crippen molar-refractivity contribution in [2.75, 3.05) is 11.9 Å². The maximum atomic E-state index is 5.88. The van der Waals surface area contributed by atoms with Crippen molar-refractivity contribution in [1.29, 1.82) is 0 Å². The van der Waals surface area contributed by atoms with Crippen molar-refractivity contribution in [2.45, 2.75) is 20.3 Å². The molecule has 0 amide bonds.